The van der Waals surface area contributed by atoms with E-state index in [1.165, 1.54) is 80.0 Å². The van der Waals surface area contributed by atoms with Gasteiger partial charge in [-0.15, -0.1) is 21.5 Å². The molecule has 2 aliphatic carbocycles. The lowest BCUT2D eigenvalue weighted by Gasteiger charge is -2.27. The molecule has 1 atom stereocenters. The molecule has 2 aliphatic rings. The van der Waals surface area contributed by atoms with E-state index < -0.39 is 0 Å². The Kier molecular flexibility index (Phi) is 4.66. The fourth-order valence-electron chi connectivity index (χ4n) is 5.24. The summed E-state index contributed by atoms with van der Waals surface area (Å²) in [6.07, 6.45) is 15.0. The molecule has 3 heterocycles. The van der Waals surface area contributed by atoms with E-state index in [0.29, 0.717) is 5.92 Å². The van der Waals surface area contributed by atoms with E-state index >= 15 is 0 Å². The SMILES string of the molecule is CCCCC1CCC(c2nnc3c4c5c(sc4ncn23)CC(C)CC5)CC1. The Morgan fingerprint density at radius 1 is 1.15 bits per heavy atom. The maximum atomic E-state index is 4.82. The van der Waals surface area contributed by atoms with Gasteiger partial charge in [0.2, 0.25) is 0 Å². The molecule has 5 rings (SSSR count). The number of aryl methyl sites for hydroxylation is 1. The lowest BCUT2D eigenvalue weighted by Crippen LogP contribution is -2.15. The van der Waals surface area contributed by atoms with Gasteiger partial charge >= 0.3 is 0 Å². The van der Waals surface area contributed by atoms with Gasteiger partial charge in [-0.1, -0.05) is 33.1 Å². The predicted molar refractivity (Wildman–Crippen MR) is 112 cm³/mol. The van der Waals surface area contributed by atoms with E-state index in [1.54, 1.807) is 0 Å². The maximum absolute atomic E-state index is 4.82. The molecule has 1 fully saturated rings. The van der Waals surface area contributed by atoms with Crippen molar-refractivity contribution in [3.05, 3.63) is 22.6 Å². The molecule has 0 bridgehead atoms. The smallest absolute Gasteiger partial charge is 0.172 e. The molecule has 0 amide bonds. The summed E-state index contributed by atoms with van der Waals surface area (Å²) in [6, 6.07) is 0. The van der Waals surface area contributed by atoms with Crippen molar-refractivity contribution in [2.24, 2.45) is 11.8 Å². The van der Waals surface area contributed by atoms with Crippen LogP contribution in [0, 0.1) is 11.8 Å². The highest BCUT2D eigenvalue weighted by Gasteiger charge is 2.28. The molecule has 5 heteroatoms. The third kappa shape index (κ3) is 3.08. The van der Waals surface area contributed by atoms with Gasteiger partial charge in [0.15, 0.2) is 5.65 Å². The zero-order valence-electron chi connectivity index (χ0n) is 16.6. The number of nitrogens with zero attached hydrogens (tertiary/aromatic N) is 4. The normalized spacial score (nSPS) is 25.9. The standard InChI is InChI=1S/C22H30N4S/c1-3-4-5-15-7-9-16(10-8-15)20-24-25-21-19-17-11-6-14(2)12-18(17)27-22(19)23-13-26(20)21/h13-16H,3-12H2,1-2H3. The van der Waals surface area contributed by atoms with Gasteiger partial charge < -0.3 is 0 Å². The summed E-state index contributed by atoms with van der Waals surface area (Å²) in [5, 5.41) is 10.6. The Hall–Kier alpha value is -1.49. The highest BCUT2D eigenvalue weighted by molar-refractivity contribution is 7.19. The Morgan fingerprint density at radius 2 is 2.00 bits per heavy atom. The zero-order valence-corrected chi connectivity index (χ0v) is 17.4. The highest BCUT2D eigenvalue weighted by atomic mass is 32.1. The van der Waals surface area contributed by atoms with Crippen molar-refractivity contribution < 1.29 is 0 Å². The van der Waals surface area contributed by atoms with E-state index in [0.717, 1.165) is 28.1 Å². The second kappa shape index (κ2) is 7.16. The van der Waals surface area contributed by atoms with Crippen molar-refractivity contribution in [3.63, 3.8) is 0 Å². The second-order valence-corrected chi connectivity index (χ2v) is 9.97. The summed E-state index contributed by atoms with van der Waals surface area (Å²) >= 11 is 1.88. The quantitative estimate of drug-likeness (QED) is 0.562. The van der Waals surface area contributed by atoms with Crippen LogP contribution in [0.1, 0.15) is 87.4 Å². The van der Waals surface area contributed by atoms with Gasteiger partial charge in [-0.2, -0.15) is 0 Å². The molecule has 0 spiro atoms. The largest absolute Gasteiger partial charge is 0.268 e. The van der Waals surface area contributed by atoms with E-state index in [1.807, 2.05) is 17.7 Å². The Labute approximate surface area is 165 Å². The Morgan fingerprint density at radius 3 is 2.81 bits per heavy atom. The minimum Gasteiger partial charge on any atom is -0.268 e. The number of unbranched alkanes of at least 4 members (excludes halogenated alkanes) is 1. The molecule has 1 unspecified atom stereocenters. The summed E-state index contributed by atoms with van der Waals surface area (Å²) in [5.41, 5.74) is 2.56. The second-order valence-electron chi connectivity index (χ2n) is 8.89. The first-order chi connectivity index (χ1) is 13.2. The van der Waals surface area contributed by atoms with E-state index in [2.05, 4.69) is 28.4 Å². The zero-order chi connectivity index (χ0) is 18.4. The van der Waals surface area contributed by atoms with Crippen LogP contribution in [-0.4, -0.2) is 19.6 Å². The van der Waals surface area contributed by atoms with Gasteiger partial charge in [0.05, 0.1) is 5.39 Å². The average molecular weight is 383 g/mol. The summed E-state index contributed by atoms with van der Waals surface area (Å²) in [5.74, 6) is 3.41. The number of aromatic nitrogens is 4. The van der Waals surface area contributed by atoms with Gasteiger partial charge in [-0.25, -0.2) is 4.98 Å². The third-order valence-corrected chi connectivity index (χ3v) is 8.07. The Balaban J connectivity index is 1.46. The summed E-state index contributed by atoms with van der Waals surface area (Å²) < 4.78 is 2.21. The minimum atomic E-state index is 0.548. The predicted octanol–water partition coefficient (Wildman–Crippen LogP) is 5.93. The first kappa shape index (κ1) is 17.6. The molecule has 1 saturated carbocycles. The van der Waals surface area contributed by atoms with Crippen molar-refractivity contribution in [2.45, 2.75) is 84.0 Å². The molecule has 4 nitrogen and oxygen atoms in total. The van der Waals surface area contributed by atoms with Crippen LogP contribution in [0.25, 0.3) is 15.9 Å². The number of thiophene rings is 1. The van der Waals surface area contributed by atoms with E-state index in [9.17, 15) is 0 Å². The summed E-state index contributed by atoms with van der Waals surface area (Å²) in [4.78, 5) is 7.51. The van der Waals surface area contributed by atoms with Crippen LogP contribution in [0.4, 0.5) is 0 Å². The van der Waals surface area contributed by atoms with Crippen LogP contribution in [0.2, 0.25) is 0 Å². The molecule has 0 saturated heterocycles. The molecule has 3 aromatic rings. The van der Waals surface area contributed by atoms with Crippen molar-refractivity contribution in [1.29, 1.82) is 0 Å². The van der Waals surface area contributed by atoms with Crippen LogP contribution in [0.15, 0.2) is 6.33 Å². The van der Waals surface area contributed by atoms with Crippen molar-refractivity contribution in [2.75, 3.05) is 0 Å². The van der Waals surface area contributed by atoms with Crippen LogP contribution in [0.5, 0.6) is 0 Å². The van der Waals surface area contributed by atoms with Crippen LogP contribution in [-0.2, 0) is 12.8 Å². The van der Waals surface area contributed by atoms with Gasteiger partial charge in [-0.3, -0.25) is 4.40 Å². The summed E-state index contributed by atoms with van der Waals surface area (Å²) in [6.45, 7) is 4.66. The fraction of sp³-hybridized carbons (Fsp3) is 0.682. The van der Waals surface area contributed by atoms with Crippen molar-refractivity contribution >= 4 is 27.2 Å². The molecule has 27 heavy (non-hydrogen) atoms. The van der Waals surface area contributed by atoms with Gasteiger partial charge in [0.25, 0.3) is 0 Å². The molecule has 144 valence electrons. The lowest BCUT2D eigenvalue weighted by atomic mass is 9.79. The Bertz CT molecular complexity index is 948. The molecular weight excluding hydrogens is 352 g/mol. The molecule has 0 aliphatic heterocycles. The van der Waals surface area contributed by atoms with Gasteiger partial charge in [0.1, 0.15) is 17.0 Å². The number of rotatable bonds is 4. The maximum Gasteiger partial charge on any atom is 0.172 e. The third-order valence-electron chi connectivity index (χ3n) is 6.91. The summed E-state index contributed by atoms with van der Waals surface area (Å²) in [7, 11) is 0. The molecule has 0 N–H and O–H groups in total. The van der Waals surface area contributed by atoms with Crippen LogP contribution >= 0.6 is 11.3 Å². The van der Waals surface area contributed by atoms with Crippen LogP contribution in [0.3, 0.4) is 0 Å². The van der Waals surface area contributed by atoms with E-state index in [-0.39, 0.29) is 0 Å². The van der Waals surface area contributed by atoms with Crippen molar-refractivity contribution in [1.82, 2.24) is 19.6 Å². The number of fused-ring (bicyclic) bond motifs is 5. The minimum absolute atomic E-state index is 0.548. The molecule has 0 aromatic carbocycles. The number of hydrogen-bond donors (Lipinski definition) is 0. The van der Waals surface area contributed by atoms with Crippen LogP contribution < -0.4 is 0 Å². The topological polar surface area (TPSA) is 43.1 Å². The van der Waals surface area contributed by atoms with Gasteiger partial charge in [-0.05, 0) is 62.3 Å². The monoisotopic (exact) mass is 382 g/mol. The van der Waals surface area contributed by atoms with Gasteiger partial charge in [0, 0.05) is 10.8 Å². The molecule has 0 radical (unpaired) electrons. The van der Waals surface area contributed by atoms with Crippen molar-refractivity contribution in [3.8, 4) is 0 Å². The lowest BCUT2D eigenvalue weighted by molar-refractivity contribution is 0.297. The highest BCUT2D eigenvalue weighted by Crippen LogP contribution is 2.40. The first-order valence-electron chi connectivity index (χ1n) is 10.9. The number of hydrogen-bond acceptors (Lipinski definition) is 4. The molecular formula is C22H30N4S. The van der Waals surface area contributed by atoms with E-state index in [4.69, 9.17) is 4.98 Å². The average Bonchev–Trinajstić information content (AvgIpc) is 3.27. The first-order valence-corrected chi connectivity index (χ1v) is 11.7. The fourth-order valence-corrected chi connectivity index (χ4v) is 6.58. The molecule has 3 aromatic heterocycles.